The Hall–Kier alpha value is 0. The Balaban J connectivity index is 2.25. The Labute approximate surface area is 65.0 Å². The lowest BCUT2D eigenvalue weighted by atomic mass is 9.86. The van der Waals surface area contributed by atoms with Gasteiger partial charge in [-0.05, 0) is 18.3 Å². The van der Waals surface area contributed by atoms with Gasteiger partial charge in [0.1, 0.15) is 0 Å². The van der Waals surface area contributed by atoms with Gasteiger partial charge in [-0.1, -0.05) is 46.0 Å². The molecular weight excluding hydrogens is 120 g/mol. The maximum absolute atomic E-state index is 2.40. The molecule has 2 atom stereocenters. The zero-order valence-corrected chi connectivity index (χ0v) is 7.40. The predicted molar refractivity (Wildman–Crippen MR) is 46.0 cm³/mol. The average Bonchev–Trinajstić information content (AvgIpc) is 1.83. The molecule has 0 saturated heterocycles. The zero-order valence-electron chi connectivity index (χ0n) is 7.40. The first kappa shape index (κ1) is 8.10. The molecule has 1 fully saturated rings. The van der Waals surface area contributed by atoms with Crippen LogP contribution in [0.25, 0.3) is 0 Å². The Morgan fingerprint density at radius 2 is 1.30 bits per heavy atom. The summed E-state index contributed by atoms with van der Waals surface area (Å²) in [6.45, 7) is 4.81. The van der Waals surface area contributed by atoms with Gasteiger partial charge in [0, 0.05) is 0 Å². The SMILES string of the molecule is C[C@H]1CCCCC[C@H](C)C1. The average molecular weight is 140 g/mol. The summed E-state index contributed by atoms with van der Waals surface area (Å²) >= 11 is 0. The van der Waals surface area contributed by atoms with Gasteiger partial charge >= 0.3 is 0 Å². The van der Waals surface area contributed by atoms with Crippen LogP contribution in [0.1, 0.15) is 52.4 Å². The van der Waals surface area contributed by atoms with Crippen LogP contribution in [-0.2, 0) is 0 Å². The molecule has 10 heavy (non-hydrogen) atoms. The summed E-state index contributed by atoms with van der Waals surface area (Å²) in [6.07, 6.45) is 8.87. The molecule has 0 aromatic heterocycles. The molecule has 60 valence electrons. The van der Waals surface area contributed by atoms with Gasteiger partial charge in [0.15, 0.2) is 0 Å². The van der Waals surface area contributed by atoms with E-state index in [4.69, 9.17) is 0 Å². The van der Waals surface area contributed by atoms with Gasteiger partial charge in [-0.25, -0.2) is 0 Å². The van der Waals surface area contributed by atoms with Crippen LogP contribution in [0, 0.1) is 11.8 Å². The normalized spacial score (nSPS) is 36.6. The van der Waals surface area contributed by atoms with Crippen molar-refractivity contribution in [3.8, 4) is 0 Å². The van der Waals surface area contributed by atoms with Crippen LogP contribution in [0.15, 0.2) is 0 Å². The monoisotopic (exact) mass is 140 g/mol. The topological polar surface area (TPSA) is 0 Å². The van der Waals surface area contributed by atoms with Gasteiger partial charge in [-0.3, -0.25) is 0 Å². The standard InChI is InChI=1S/C10H20/c1-9-6-4-3-5-7-10(2)8-9/h9-10H,3-8H2,1-2H3/t9-,10-/m0/s1. The molecule has 0 radical (unpaired) electrons. The van der Waals surface area contributed by atoms with E-state index in [2.05, 4.69) is 13.8 Å². The van der Waals surface area contributed by atoms with Crippen LogP contribution in [0.3, 0.4) is 0 Å². The molecule has 1 aliphatic rings. The van der Waals surface area contributed by atoms with Crippen LogP contribution < -0.4 is 0 Å². The number of hydrogen-bond donors (Lipinski definition) is 0. The molecular formula is C10H20. The molecule has 1 aliphatic carbocycles. The van der Waals surface area contributed by atoms with Crippen molar-refractivity contribution in [3.05, 3.63) is 0 Å². The van der Waals surface area contributed by atoms with E-state index in [1.807, 2.05) is 0 Å². The number of hydrogen-bond acceptors (Lipinski definition) is 0. The maximum atomic E-state index is 2.40. The maximum Gasteiger partial charge on any atom is -0.0440 e. The summed E-state index contributed by atoms with van der Waals surface area (Å²) in [6, 6.07) is 0. The van der Waals surface area contributed by atoms with E-state index in [1.165, 1.54) is 38.5 Å². The highest BCUT2D eigenvalue weighted by molar-refractivity contribution is 4.63. The van der Waals surface area contributed by atoms with Crippen molar-refractivity contribution in [2.45, 2.75) is 52.4 Å². The summed E-state index contributed by atoms with van der Waals surface area (Å²) in [5.41, 5.74) is 0. The van der Waals surface area contributed by atoms with Crippen LogP contribution in [-0.4, -0.2) is 0 Å². The lowest BCUT2D eigenvalue weighted by Crippen LogP contribution is -2.06. The minimum Gasteiger partial charge on any atom is -0.0625 e. The predicted octanol–water partition coefficient (Wildman–Crippen LogP) is 3.61. The van der Waals surface area contributed by atoms with Crippen molar-refractivity contribution in [2.75, 3.05) is 0 Å². The molecule has 0 amide bonds. The molecule has 0 aromatic carbocycles. The third-order valence-corrected chi connectivity index (χ3v) is 2.70. The molecule has 0 heterocycles. The Morgan fingerprint density at radius 3 is 1.80 bits per heavy atom. The molecule has 0 aromatic rings. The lowest BCUT2D eigenvalue weighted by Gasteiger charge is -2.20. The molecule has 0 unspecified atom stereocenters. The second kappa shape index (κ2) is 4.00. The van der Waals surface area contributed by atoms with Gasteiger partial charge in [-0.15, -0.1) is 0 Å². The molecule has 0 heteroatoms. The summed E-state index contributed by atoms with van der Waals surface area (Å²) in [5.74, 6) is 1.99. The van der Waals surface area contributed by atoms with Gasteiger partial charge in [0.2, 0.25) is 0 Å². The van der Waals surface area contributed by atoms with E-state index >= 15 is 0 Å². The largest absolute Gasteiger partial charge is 0.0625 e. The van der Waals surface area contributed by atoms with Crippen molar-refractivity contribution in [3.63, 3.8) is 0 Å². The van der Waals surface area contributed by atoms with E-state index in [9.17, 15) is 0 Å². The van der Waals surface area contributed by atoms with Crippen LogP contribution >= 0.6 is 0 Å². The van der Waals surface area contributed by atoms with Gasteiger partial charge in [-0.2, -0.15) is 0 Å². The molecule has 0 aliphatic heterocycles. The smallest absolute Gasteiger partial charge is 0.0440 e. The summed E-state index contributed by atoms with van der Waals surface area (Å²) in [4.78, 5) is 0. The van der Waals surface area contributed by atoms with Crippen molar-refractivity contribution in [2.24, 2.45) is 11.8 Å². The van der Waals surface area contributed by atoms with Gasteiger partial charge < -0.3 is 0 Å². The van der Waals surface area contributed by atoms with E-state index in [-0.39, 0.29) is 0 Å². The molecule has 0 N–H and O–H groups in total. The van der Waals surface area contributed by atoms with Crippen LogP contribution in [0.5, 0.6) is 0 Å². The molecule has 0 nitrogen and oxygen atoms in total. The van der Waals surface area contributed by atoms with Crippen molar-refractivity contribution < 1.29 is 0 Å². The van der Waals surface area contributed by atoms with Crippen molar-refractivity contribution in [1.29, 1.82) is 0 Å². The van der Waals surface area contributed by atoms with Crippen LogP contribution in [0.4, 0.5) is 0 Å². The Bertz CT molecular complexity index is 76.0. The minimum atomic E-state index is 0.996. The first-order valence-corrected chi connectivity index (χ1v) is 4.79. The Morgan fingerprint density at radius 1 is 0.800 bits per heavy atom. The van der Waals surface area contributed by atoms with Crippen molar-refractivity contribution >= 4 is 0 Å². The number of rotatable bonds is 0. The summed E-state index contributed by atoms with van der Waals surface area (Å²) in [5, 5.41) is 0. The Kier molecular flexibility index (Phi) is 3.24. The third kappa shape index (κ3) is 2.72. The second-order valence-electron chi connectivity index (χ2n) is 4.08. The van der Waals surface area contributed by atoms with E-state index in [0.717, 1.165) is 11.8 Å². The third-order valence-electron chi connectivity index (χ3n) is 2.70. The fraction of sp³-hybridized carbons (Fsp3) is 1.00. The summed E-state index contributed by atoms with van der Waals surface area (Å²) < 4.78 is 0. The fourth-order valence-electron chi connectivity index (χ4n) is 2.08. The van der Waals surface area contributed by atoms with E-state index in [0.29, 0.717) is 0 Å². The molecule has 1 rings (SSSR count). The highest BCUT2D eigenvalue weighted by Gasteiger charge is 2.11. The highest BCUT2D eigenvalue weighted by atomic mass is 14.2. The van der Waals surface area contributed by atoms with Gasteiger partial charge in [0.25, 0.3) is 0 Å². The lowest BCUT2D eigenvalue weighted by molar-refractivity contribution is 0.329. The highest BCUT2D eigenvalue weighted by Crippen LogP contribution is 2.25. The quantitative estimate of drug-likeness (QED) is 0.482. The first-order valence-electron chi connectivity index (χ1n) is 4.79. The van der Waals surface area contributed by atoms with E-state index < -0.39 is 0 Å². The van der Waals surface area contributed by atoms with E-state index in [1.54, 1.807) is 0 Å². The molecule has 0 spiro atoms. The molecule has 0 bridgehead atoms. The summed E-state index contributed by atoms with van der Waals surface area (Å²) in [7, 11) is 0. The van der Waals surface area contributed by atoms with Crippen molar-refractivity contribution in [1.82, 2.24) is 0 Å². The molecule has 1 saturated carbocycles. The second-order valence-corrected chi connectivity index (χ2v) is 4.08. The zero-order chi connectivity index (χ0) is 7.40. The fourth-order valence-corrected chi connectivity index (χ4v) is 2.08. The minimum absolute atomic E-state index is 0.996. The van der Waals surface area contributed by atoms with Crippen LogP contribution in [0.2, 0.25) is 0 Å². The first-order chi connectivity index (χ1) is 4.79. The van der Waals surface area contributed by atoms with Gasteiger partial charge in [0.05, 0.1) is 0 Å².